The molecule has 0 saturated carbocycles. The van der Waals surface area contributed by atoms with Crippen molar-refractivity contribution in [2.45, 2.75) is 38.2 Å². The summed E-state index contributed by atoms with van der Waals surface area (Å²) in [6.45, 7) is 2.60. The molecule has 1 N–H and O–H groups in total. The number of halogens is 6. The Morgan fingerprint density at radius 1 is 1.09 bits per heavy atom. The van der Waals surface area contributed by atoms with Crippen LogP contribution >= 0.6 is 0 Å². The highest BCUT2D eigenvalue weighted by molar-refractivity contribution is 5.68. The van der Waals surface area contributed by atoms with Crippen LogP contribution in [-0.4, -0.2) is 58.2 Å². The van der Waals surface area contributed by atoms with Gasteiger partial charge in [0.1, 0.15) is 11.7 Å². The lowest BCUT2D eigenvalue weighted by Gasteiger charge is -2.34. The fraction of sp³-hybridized carbons (Fsp3) is 0.500. The molecule has 1 fully saturated rings. The van der Waals surface area contributed by atoms with Crippen molar-refractivity contribution < 1.29 is 35.9 Å². The largest absolute Gasteiger partial charge is 0.446 e. The van der Waals surface area contributed by atoms with Crippen molar-refractivity contribution in [3.8, 4) is 0 Å². The lowest BCUT2D eigenvalue weighted by atomic mass is 10.1. The van der Waals surface area contributed by atoms with E-state index in [1.165, 1.54) is 4.90 Å². The van der Waals surface area contributed by atoms with Crippen molar-refractivity contribution in [1.29, 1.82) is 0 Å². The Morgan fingerprint density at radius 2 is 1.71 bits per heavy atom. The first-order chi connectivity index (χ1) is 15.9. The molecule has 3 rings (SSSR count). The molecule has 0 aromatic carbocycles. The molecule has 0 spiro atoms. The maximum atomic E-state index is 13.0. The number of pyridine rings is 1. The molecule has 1 saturated heterocycles. The lowest BCUT2D eigenvalue weighted by molar-refractivity contribution is -0.139. The molecule has 0 radical (unpaired) electrons. The van der Waals surface area contributed by atoms with E-state index in [1.54, 1.807) is 11.8 Å². The second kappa shape index (κ2) is 9.89. The number of carbonyl (C=O) groups excluding carboxylic acids is 1. The average molecular weight is 493 g/mol. The Labute approximate surface area is 189 Å². The summed E-state index contributed by atoms with van der Waals surface area (Å²) in [5.41, 5.74) is -3.38. The van der Waals surface area contributed by atoms with Crippen molar-refractivity contribution in [3.05, 3.63) is 51.7 Å². The SMILES string of the molecule is CCC(Cc1c[nH]c(=O)c(C(F)(F)F)c1)OC(=O)N1CCN(c2ncc(C(F)(F)F)cn2)CC1. The summed E-state index contributed by atoms with van der Waals surface area (Å²) in [4.78, 5) is 36.5. The highest BCUT2D eigenvalue weighted by Gasteiger charge is 2.35. The van der Waals surface area contributed by atoms with E-state index in [0.717, 1.165) is 12.3 Å². The Kier molecular flexibility index (Phi) is 7.36. The van der Waals surface area contributed by atoms with Crippen LogP contribution in [0, 0.1) is 0 Å². The average Bonchev–Trinajstić information content (AvgIpc) is 2.78. The normalized spacial score (nSPS) is 15.9. The van der Waals surface area contributed by atoms with Crippen molar-refractivity contribution in [1.82, 2.24) is 19.9 Å². The molecule has 1 aliphatic rings. The first-order valence-electron chi connectivity index (χ1n) is 10.3. The van der Waals surface area contributed by atoms with Gasteiger partial charge in [-0.15, -0.1) is 0 Å². The summed E-state index contributed by atoms with van der Waals surface area (Å²) in [5, 5.41) is 0. The van der Waals surface area contributed by atoms with Crippen LogP contribution < -0.4 is 10.5 Å². The van der Waals surface area contributed by atoms with Gasteiger partial charge in [-0.3, -0.25) is 4.79 Å². The predicted molar refractivity (Wildman–Crippen MR) is 107 cm³/mol. The van der Waals surface area contributed by atoms with Gasteiger partial charge >= 0.3 is 18.4 Å². The number of hydrogen-bond acceptors (Lipinski definition) is 6. The first-order valence-corrected chi connectivity index (χ1v) is 10.3. The number of H-pyrrole nitrogens is 1. The van der Waals surface area contributed by atoms with E-state index in [0.29, 0.717) is 18.8 Å². The van der Waals surface area contributed by atoms with Gasteiger partial charge in [0.05, 0.1) is 5.56 Å². The summed E-state index contributed by atoms with van der Waals surface area (Å²) < 4.78 is 82.2. The maximum absolute atomic E-state index is 13.0. The predicted octanol–water partition coefficient (Wildman–Crippen LogP) is 3.48. The monoisotopic (exact) mass is 493 g/mol. The topological polar surface area (TPSA) is 91.4 Å². The standard InChI is InChI=1S/C20H21F6N5O3/c1-2-14(7-12-8-15(20(24,25)26)16(32)27-9-12)34-18(33)31-5-3-30(4-6-31)17-28-10-13(11-29-17)19(21,22)23/h8-11,14H,2-7H2,1H3,(H,27,32). The van der Waals surface area contributed by atoms with Crippen LogP contribution in [0.1, 0.15) is 30.0 Å². The fourth-order valence-electron chi connectivity index (χ4n) is 3.33. The summed E-state index contributed by atoms with van der Waals surface area (Å²) in [7, 11) is 0. The number of aromatic amines is 1. The van der Waals surface area contributed by atoms with E-state index in [2.05, 4.69) is 9.97 Å². The second-order valence-corrected chi connectivity index (χ2v) is 7.61. The highest BCUT2D eigenvalue weighted by atomic mass is 19.4. The Morgan fingerprint density at radius 3 is 2.24 bits per heavy atom. The number of amides is 1. The van der Waals surface area contributed by atoms with Crippen LogP contribution in [0.5, 0.6) is 0 Å². The van der Waals surface area contributed by atoms with Gasteiger partial charge in [0.25, 0.3) is 5.56 Å². The molecule has 0 bridgehead atoms. The van der Waals surface area contributed by atoms with Crippen LogP contribution in [0.3, 0.4) is 0 Å². The maximum Gasteiger partial charge on any atom is 0.421 e. The third kappa shape index (κ3) is 6.17. The van der Waals surface area contributed by atoms with Crippen LogP contribution in [-0.2, 0) is 23.5 Å². The number of carbonyl (C=O) groups is 1. The number of nitrogens with one attached hydrogen (secondary N) is 1. The zero-order valence-corrected chi connectivity index (χ0v) is 17.9. The van der Waals surface area contributed by atoms with E-state index < -0.39 is 41.2 Å². The van der Waals surface area contributed by atoms with Crippen molar-refractivity contribution in [2.75, 3.05) is 31.1 Å². The van der Waals surface area contributed by atoms with Crippen molar-refractivity contribution >= 4 is 12.0 Å². The zero-order chi connectivity index (χ0) is 25.1. The summed E-state index contributed by atoms with van der Waals surface area (Å²) in [5.74, 6) is 0.103. The Hall–Kier alpha value is -3.32. The minimum Gasteiger partial charge on any atom is -0.446 e. The van der Waals surface area contributed by atoms with E-state index in [9.17, 15) is 35.9 Å². The van der Waals surface area contributed by atoms with Crippen LogP contribution in [0.2, 0.25) is 0 Å². The number of aromatic nitrogens is 3. The zero-order valence-electron chi connectivity index (χ0n) is 17.9. The number of anilines is 1. The molecule has 14 heteroatoms. The molecular weight excluding hydrogens is 472 g/mol. The number of ether oxygens (including phenoxy) is 1. The van der Waals surface area contributed by atoms with Crippen LogP contribution in [0.4, 0.5) is 37.1 Å². The molecular formula is C20H21F6N5O3. The number of alkyl halides is 6. The van der Waals surface area contributed by atoms with Gasteiger partial charge in [0, 0.05) is 51.2 Å². The summed E-state index contributed by atoms with van der Waals surface area (Å²) in [6, 6.07) is 0.734. The number of rotatable bonds is 5. The molecule has 2 aromatic rings. The highest BCUT2D eigenvalue weighted by Crippen LogP contribution is 2.29. The molecule has 1 atom stereocenters. The molecule has 0 aliphatic carbocycles. The van der Waals surface area contributed by atoms with Gasteiger partial charge in [0.15, 0.2) is 0 Å². The Balaban J connectivity index is 1.56. The minimum absolute atomic E-state index is 0.0263. The van der Waals surface area contributed by atoms with Gasteiger partial charge in [-0.05, 0) is 18.1 Å². The number of piperazine rings is 1. The van der Waals surface area contributed by atoms with E-state index >= 15 is 0 Å². The molecule has 1 aliphatic heterocycles. The van der Waals surface area contributed by atoms with Crippen LogP contribution in [0.25, 0.3) is 0 Å². The van der Waals surface area contributed by atoms with Gasteiger partial charge in [-0.1, -0.05) is 6.92 Å². The third-order valence-electron chi connectivity index (χ3n) is 5.24. The minimum atomic E-state index is -4.81. The smallest absolute Gasteiger partial charge is 0.421 e. The van der Waals surface area contributed by atoms with Crippen molar-refractivity contribution in [3.63, 3.8) is 0 Å². The summed E-state index contributed by atoms with van der Waals surface area (Å²) >= 11 is 0. The van der Waals surface area contributed by atoms with E-state index in [-0.39, 0.29) is 44.1 Å². The van der Waals surface area contributed by atoms with Gasteiger partial charge in [-0.2, -0.15) is 26.3 Å². The molecule has 1 amide bonds. The van der Waals surface area contributed by atoms with E-state index in [4.69, 9.17) is 4.74 Å². The van der Waals surface area contributed by atoms with Gasteiger partial charge in [-0.25, -0.2) is 14.8 Å². The lowest BCUT2D eigenvalue weighted by Crippen LogP contribution is -2.50. The molecule has 186 valence electrons. The molecule has 1 unspecified atom stereocenters. The molecule has 2 aromatic heterocycles. The van der Waals surface area contributed by atoms with E-state index in [1.807, 2.05) is 4.98 Å². The quantitative estimate of drug-likeness (QED) is 0.642. The van der Waals surface area contributed by atoms with Crippen LogP contribution in [0.15, 0.2) is 29.5 Å². The van der Waals surface area contributed by atoms with Gasteiger partial charge < -0.3 is 19.5 Å². The molecule has 8 nitrogen and oxygen atoms in total. The number of nitrogens with zero attached hydrogens (tertiary/aromatic N) is 4. The summed E-state index contributed by atoms with van der Waals surface area (Å²) in [6.07, 6.45) is -7.91. The fourth-order valence-corrected chi connectivity index (χ4v) is 3.33. The third-order valence-corrected chi connectivity index (χ3v) is 5.24. The molecule has 3 heterocycles. The van der Waals surface area contributed by atoms with Gasteiger partial charge in [0.2, 0.25) is 5.95 Å². The first kappa shape index (κ1) is 25.3. The number of hydrogen-bond donors (Lipinski definition) is 1. The molecule has 34 heavy (non-hydrogen) atoms. The van der Waals surface area contributed by atoms with Crippen molar-refractivity contribution in [2.24, 2.45) is 0 Å². The second-order valence-electron chi connectivity index (χ2n) is 7.61. The Bertz CT molecular complexity index is 1050.